The maximum absolute atomic E-state index is 12.9. The van der Waals surface area contributed by atoms with Gasteiger partial charge in [0.05, 0.1) is 0 Å². The van der Waals surface area contributed by atoms with Crippen LogP contribution >= 0.6 is 0 Å². The van der Waals surface area contributed by atoms with Crippen molar-refractivity contribution >= 4 is 17.9 Å². The molecule has 6 nitrogen and oxygen atoms in total. The van der Waals surface area contributed by atoms with Gasteiger partial charge in [-0.05, 0) is 51.4 Å². The first-order chi connectivity index (χ1) is 37.0. The first-order valence-corrected chi connectivity index (χ1v) is 33.8. The Morgan fingerprint density at radius 2 is 0.480 bits per heavy atom. The highest BCUT2D eigenvalue weighted by Crippen LogP contribution is 2.18. The average molecular weight is 1060 g/mol. The average Bonchev–Trinajstić information content (AvgIpc) is 3.41. The zero-order chi connectivity index (χ0) is 54.3. The number of esters is 3. The van der Waals surface area contributed by atoms with Crippen LogP contribution in [-0.2, 0) is 28.6 Å². The molecule has 0 aromatic heterocycles. The summed E-state index contributed by atoms with van der Waals surface area (Å²) in [5.74, 6) is -0.837. The Hall–Kier alpha value is -2.11. The molecule has 0 saturated carbocycles. The fourth-order valence-corrected chi connectivity index (χ4v) is 10.4. The van der Waals surface area contributed by atoms with E-state index < -0.39 is 6.10 Å². The van der Waals surface area contributed by atoms with Crippen LogP contribution in [0.5, 0.6) is 0 Å². The van der Waals surface area contributed by atoms with Crippen molar-refractivity contribution in [1.29, 1.82) is 0 Å². The van der Waals surface area contributed by atoms with Crippen LogP contribution in [0.2, 0.25) is 0 Å². The fraction of sp³-hybridized carbons (Fsp3) is 0.899. The van der Waals surface area contributed by atoms with E-state index in [1.807, 2.05) is 0 Å². The van der Waals surface area contributed by atoms with E-state index in [1.54, 1.807) is 0 Å². The number of carbonyl (C=O) groups is 3. The van der Waals surface area contributed by atoms with Gasteiger partial charge in [0, 0.05) is 19.3 Å². The van der Waals surface area contributed by atoms with E-state index in [4.69, 9.17) is 14.2 Å². The van der Waals surface area contributed by atoms with Crippen LogP contribution in [0.15, 0.2) is 24.3 Å². The summed E-state index contributed by atoms with van der Waals surface area (Å²) in [7, 11) is 0. The molecule has 0 aliphatic heterocycles. The molecule has 6 heteroatoms. The predicted octanol–water partition coefficient (Wildman–Crippen LogP) is 23.0. The molecule has 0 aliphatic rings. The van der Waals surface area contributed by atoms with Gasteiger partial charge in [0.2, 0.25) is 0 Å². The summed E-state index contributed by atoms with van der Waals surface area (Å²) in [5.41, 5.74) is 0. The lowest BCUT2D eigenvalue weighted by molar-refractivity contribution is -0.167. The zero-order valence-electron chi connectivity index (χ0n) is 50.8. The van der Waals surface area contributed by atoms with E-state index in [-0.39, 0.29) is 31.1 Å². The first-order valence-electron chi connectivity index (χ1n) is 33.8. The van der Waals surface area contributed by atoms with E-state index in [9.17, 15) is 14.4 Å². The van der Waals surface area contributed by atoms with Crippen LogP contribution < -0.4 is 0 Å². The van der Waals surface area contributed by atoms with Gasteiger partial charge < -0.3 is 14.2 Å². The van der Waals surface area contributed by atoms with Crippen LogP contribution in [-0.4, -0.2) is 37.2 Å². The second kappa shape index (κ2) is 64.4. The van der Waals surface area contributed by atoms with Gasteiger partial charge >= 0.3 is 17.9 Å². The molecule has 0 aliphatic carbocycles. The summed E-state index contributed by atoms with van der Waals surface area (Å²) >= 11 is 0. The molecular formula is C69H130O6. The molecule has 0 N–H and O–H groups in total. The molecule has 0 heterocycles. The van der Waals surface area contributed by atoms with Gasteiger partial charge in [-0.1, -0.05) is 334 Å². The second-order valence-electron chi connectivity index (χ2n) is 23.1. The highest BCUT2D eigenvalue weighted by molar-refractivity contribution is 5.71. The van der Waals surface area contributed by atoms with Gasteiger partial charge in [-0.3, -0.25) is 14.4 Å². The summed E-state index contributed by atoms with van der Waals surface area (Å²) in [5, 5.41) is 0. The number of hydrogen-bond donors (Lipinski definition) is 0. The predicted molar refractivity (Wildman–Crippen MR) is 326 cm³/mol. The normalized spacial score (nSPS) is 12.1. The summed E-state index contributed by atoms with van der Waals surface area (Å²) in [6.07, 6.45) is 77.6. The molecule has 75 heavy (non-hydrogen) atoms. The van der Waals surface area contributed by atoms with Crippen LogP contribution in [0.1, 0.15) is 380 Å². The van der Waals surface area contributed by atoms with E-state index in [2.05, 4.69) is 45.1 Å². The topological polar surface area (TPSA) is 78.9 Å². The zero-order valence-corrected chi connectivity index (χ0v) is 50.8. The van der Waals surface area contributed by atoms with Crippen molar-refractivity contribution in [2.75, 3.05) is 13.2 Å². The maximum Gasteiger partial charge on any atom is 0.306 e. The van der Waals surface area contributed by atoms with E-state index in [0.29, 0.717) is 19.3 Å². The monoisotopic (exact) mass is 1050 g/mol. The number of ether oxygens (including phenoxy) is 3. The minimum atomic E-state index is -0.769. The highest BCUT2D eigenvalue weighted by atomic mass is 16.6. The molecule has 0 radical (unpaired) electrons. The molecule has 0 aromatic rings. The van der Waals surface area contributed by atoms with Gasteiger partial charge in [0.25, 0.3) is 0 Å². The second-order valence-corrected chi connectivity index (χ2v) is 23.1. The Morgan fingerprint density at radius 1 is 0.267 bits per heavy atom. The highest BCUT2D eigenvalue weighted by Gasteiger charge is 2.19. The lowest BCUT2D eigenvalue weighted by atomic mass is 10.0. The number of unbranched alkanes of at least 4 members (excludes halogenated alkanes) is 48. The smallest absolute Gasteiger partial charge is 0.306 e. The molecule has 0 fully saturated rings. The van der Waals surface area contributed by atoms with Crippen molar-refractivity contribution in [3.8, 4) is 0 Å². The van der Waals surface area contributed by atoms with Gasteiger partial charge in [0.15, 0.2) is 6.10 Å². The largest absolute Gasteiger partial charge is 0.462 e. The lowest BCUT2D eigenvalue weighted by Crippen LogP contribution is -2.30. The SMILES string of the molecule is CCCCC/C=C\C/C=C\CCCCCCCCCCCC(=O)OC[C@@H](COC(=O)CCCCCCCCCCCCCCCCCCCCC)OC(=O)CCCCCCCCCCCCCCCCCCCCC. The standard InChI is InChI=1S/C69H130O6/c1-4-7-10-13-16-19-22-25-28-31-34-37-40-43-46-49-52-55-58-61-67(70)73-64-66(75-69(72)63-60-57-54-51-48-45-42-39-36-33-30-27-24-21-18-15-12-9-6-3)65-74-68(71)62-59-56-53-50-47-44-41-38-35-32-29-26-23-20-17-14-11-8-5-2/h16,19,25,28,66H,4-15,17-18,20-24,26-27,29-65H2,1-3H3/b19-16-,28-25-/t66-/m0/s1. The lowest BCUT2D eigenvalue weighted by Gasteiger charge is -2.18. The molecule has 0 unspecified atom stereocenters. The minimum absolute atomic E-state index is 0.0657. The van der Waals surface area contributed by atoms with Gasteiger partial charge in [-0.25, -0.2) is 0 Å². The Kier molecular flexibility index (Phi) is 62.6. The fourth-order valence-electron chi connectivity index (χ4n) is 10.4. The molecule has 0 rings (SSSR count). The van der Waals surface area contributed by atoms with Crippen molar-refractivity contribution < 1.29 is 28.6 Å². The van der Waals surface area contributed by atoms with E-state index in [0.717, 1.165) is 64.2 Å². The Balaban J connectivity index is 4.31. The quantitative estimate of drug-likeness (QED) is 0.0261. The molecule has 0 bridgehead atoms. The Labute approximate surface area is 468 Å². The van der Waals surface area contributed by atoms with Crippen LogP contribution in [0, 0.1) is 0 Å². The van der Waals surface area contributed by atoms with Crippen molar-refractivity contribution in [2.45, 2.75) is 386 Å². The third-order valence-corrected chi connectivity index (χ3v) is 15.5. The van der Waals surface area contributed by atoms with Gasteiger partial charge in [-0.2, -0.15) is 0 Å². The van der Waals surface area contributed by atoms with Crippen LogP contribution in [0.25, 0.3) is 0 Å². The Bertz CT molecular complexity index is 1210. The minimum Gasteiger partial charge on any atom is -0.462 e. The van der Waals surface area contributed by atoms with E-state index in [1.165, 1.54) is 276 Å². The van der Waals surface area contributed by atoms with Crippen molar-refractivity contribution in [3.63, 3.8) is 0 Å². The van der Waals surface area contributed by atoms with E-state index >= 15 is 0 Å². The summed E-state index contributed by atoms with van der Waals surface area (Å²) in [4.78, 5) is 38.4. The molecule has 0 aromatic carbocycles. The molecule has 0 amide bonds. The van der Waals surface area contributed by atoms with Crippen molar-refractivity contribution in [3.05, 3.63) is 24.3 Å². The number of rotatable bonds is 63. The third kappa shape index (κ3) is 62.6. The van der Waals surface area contributed by atoms with Crippen LogP contribution in [0.4, 0.5) is 0 Å². The van der Waals surface area contributed by atoms with Gasteiger partial charge in [0.1, 0.15) is 13.2 Å². The Morgan fingerprint density at radius 3 is 0.760 bits per heavy atom. The maximum atomic E-state index is 12.9. The van der Waals surface area contributed by atoms with Crippen molar-refractivity contribution in [1.82, 2.24) is 0 Å². The summed E-state index contributed by atoms with van der Waals surface area (Å²) in [6, 6.07) is 0. The molecule has 0 saturated heterocycles. The van der Waals surface area contributed by atoms with Crippen LogP contribution in [0.3, 0.4) is 0 Å². The third-order valence-electron chi connectivity index (χ3n) is 15.5. The summed E-state index contributed by atoms with van der Waals surface area (Å²) < 4.78 is 17.0. The molecule has 1 atom stereocenters. The molecular weight excluding hydrogens is 925 g/mol. The molecule has 0 spiro atoms. The number of carbonyl (C=O) groups excluding carboxylic acids is 3. The first kappa shape index (κ1) is 72.9. The summed E-state index contributed by atoms with van der Waals surface area (Å²) in [6.45, 7) is 6.70. The molecule has 442 valence electrons. The van der Waals surface area contributed by atoms with Crippen molar-refractivity contribution in [2.24, 2.45) is 0 Å². The van der Waals surface area contributed by atoms with Gasteiger partial charge in [-0.15, -0.1) is 0 Å². The number of allylic oxidation sites excluding steroid dienone is 4. The number of hydrogen-bond acceptors (Lipinski definition) is 6.